The number of aliphatic hydroxyl groups excluding tert-OH is 1. The van der Waals surface area contributed by atoms with Gasteiger partial charge in [-0.25, -0.2) is 9.59 Å². The summed E-state index contributed by atoms with van der Waals surface area (Å²) >= 11 is 0. The summed E-state index contributed by atoms with van der Waals surface area (Å²) in [7, 11) is 1.69. The highest BCUT2D eigenvalue weighted by molar-refractivity contribution is 5.74. The normalized spacial score (nSPS) is 20.6. The molecule has 7 nitrogen and oxygen atoms in total. The Hall–Kier alpha value is -1.34. The molecule has 0 aromatic rings. The molecule has 0 radical (unpaired) electrons. The first-order chi connectivity index (χ1) is 9.00. The highest BCUT2D eigenvalue weighted by atomic mass is 16.5. The third-order valence-corrected chi connectivity index (χ3v) is 3.11. The van der Waals surface area contributed by atoms with Crippen LogP contribution in [0.3, 0.4) is 0 Å². The number of nitrogens with one attached hydrogen (secondary N) is 1. The monoisotopic (exact) mass is 274 g/mol. The Kier molecular flexibility index (Phi) is 6.58. The van der Waals surface area contributed by atoms with Crippen molar-refractivity contribution in [2.24, 2.45) is 5.92 Å². The largest absolute Gasteiger partial charge is 0.479 e. The Balaban J connectivity index is 2.19. The van der Waals surface area contributed by atoms with Crippen LogP contribution in [0.15, 0.2) is 0 Å². The fraction of sp³-hybridized carbons (Fsp3) is 0.833. The van der Waals surface area contributed by atoms with Crippen molar-refractivity contribution >= 4 is 12.0 Å². The molecule has 7 heteroatoms. The molecule has 1 fully saturated rings. The lowest BCUT2D eigenvalue weighted by Crippen LogP contribution is -2.42. The second-order valence-electron chi connectivity index (χ2n) is 4.84. The highest BCUT2D eigenvalue weighted by Crippen LogP contribution is 2.14. The predicted molar refractivity (Wildman–Crippen MR) is 67.8 cm³/mol. The van der Waals surface area contributed by atoms with Gasteiger partial charge in [-0.3, -0.25) is 0 Å². The van der Waals surface area contributed by atoms with Gasteiger partial charge in [-0.2, -0.15) is 0 Å². The van der Waals surface area contributed by atoms with E-state index in [-0.39, 0.29) is 19.0 Å². The number of hydrogen-bond donors (Lipinski definition) is 3. The number of carboxylic acids is 1. The molecular weight excluding hydrogens is 252 g/mol. The lowest BCUT2D eigenvalue weighted by molar-refractivity contribution is -0.146. The molecule has 0 saturated carbocycles. The molecule has 2 atom stereocenters. The van der Waals surface area contributed by atoms with E-state index in [1.807, 2.05) is 0 Å². The number of carbonyl (C=O) groups is 2. The summed E-state index contributed by atoms with van der Waals surface area (Å²) in [5.74, 6) is -0.920. The minimum atomic E-state index is -1.43. The van der Waals surface area contributed by atoms with Crippen LogP contribution in [0.1, 0.15) is 19.3 Å². The Bertz CT molecular complexity index is 304. The first kappa shape index (κ1) is 15.7. The number of hydrogen-bond acceptors (Lipinski definition) is 4. The van der Waals surface area contributed by atoms with E-state index in [2.05, 4.69) is 5.32 Å². The molecule has 1 rings (SSSR count). The molecular formula is C12H22N2O5. The van der Waals surface area contributed by atoms with Gasteiger partial charge in [0, 0.05) is 39.1 Å². The molecule has 19 heavy (non-hydrogen) atoms. The number of amides is 2. The van der Waals surface area contributed by atoms with Crippen molar-refractivity contribution in [2.75, 3.05) is 33.4 Å². The summed E-state index contributed by atoms with van der Waals surface area (Å²) in [6, 6.07) is -0.261. The molecule has 3 N–H and O–H groups in total. The Labute approximate surface area is 112 Å². The first-order valence-electron chi connectivity index (χ1n) is 6.48. The molecule has 1 aliphatic heterocycles. The second-order valence-corrected chi connectivity index (χ2v) is 4.84. The van der Waals surface area contributed by atoms with Crippen LogP contribution in [0.2, 0.25) is 0 Å². The fourth-order valence-electron chi connectivity index (χ4n) is 2.00. The quantitative estimate of drug-likeness (QED) is 0.627. The molecule has 1 heterocycles. The molecule has 0 aliphatic carbocycles. The van der Waals surface area contributed by atoms with Crippen molar-refractivity contribution in [2.45, 2.75) is 25.4 Å². The van der Waals surface area contributed by atoms with Crippen molar-refractivity contribution in [3.8, 4) is 0 Å². The van der Waals surface area contributed by atoms with Crippen LogP contribution >= 0.6 is 0 Å². The number of carbonyl (C=O) groups excluding carboxylic acids is 1. The molecule has 0 spiro atoms. The van der Waals surface area contributed by atoms with Gasteiger partial charge in [-0.15, -0.1) is 0 Å². The van der Waals surface area contributed by atoms with Crippen LogP contribution < -0.4 is 5.32 Å². The van der Waals surface area contributed by atoms with Crippen molar-refractivity contribution in [3.63, 3.8) is 0 Å². The molecule has 110 valence electrons. The van der Waals surface area contributed by atoms with Crippen molar-refractivity contribution in [1.29, 1.82) is 0 Å². The van der Waals surface area contributed by atoms with Gasteiger partial charge in [0.05, 0.1) is 6.61 Å². The third-order valence-electron chi connectivity index (χ3n) is 3.11. The Morgan fingerprint density at radius 1 is 1.53 bits per heavy atom. The number of nitrogens with zero attached hydrogens (tertiary/aromatic N) is 1. The van der Waals surface area contributed by atoms with E-state index in [0.717, 1.165) is 19.4 Å². The molecule has 1 saturated heterocycles. The molecule has 2 amide bonds. The van der Waals surface area contributed by atoms with Crippen LogP contribution in [0.4, 0.5) is 4.79 Å². The summed E-state index contributed by atoms with van der Waals surface area (Å²) in [5.41, 5.74) is 0. The smallest absolute Gasteiger partial charge is 0.332 e. The van der Waals surface area contributed by atoms with E-state index in [0.29, 0.717) is 19.1 Å². The van der Waals surface area contributed by atoms with E-state index >= 15 is 0 Å². The number of aliphatic carboxylic acids is 1. The topological polar surface area (TPSA) is 99.1 Å². The van der Waals surface area contributed by atoms with Crippen LogP contribution in [-0.4, -0.2) is 66.6 Å². The first-order valence-corrected chi connectivity index (χ1v) is 6.48. The van der Waals surface area contributed by atoms with E-state index in [4.69, 9.17) is 14.9 Å². The van der Waals surface area contributed by atoms with Gasteiger partial charge >= 0.3 is 12.0 Å². The average Bonchev–Trinajstić information content (AvgIpc) is 2.39. The standard InChI is InChI=1S/C12H22N2O5/c1-14(7-9-3-2-6-19-8-9)12(18)13-5-4-10(15)11(16)17/h9-10,15H,2-8H2,1H3,(H,13,18)(H,16,17)/t9?,10-/m0/s1. The predicted octanol–water partition coefficient (Wildman–Crippen LogP) is -0.110. The van der Waals surface area contributed by atoms with Gasteiger partial charge in [0.25, 0.3) is 0 Å². The average molecular weight is 274 g/mol. The van der Waals surface area contributed by atoms with Gasteiger partial charge in [0.15, 0.2) is 6.10 Å². The minimum absolute atomic E-state index is 0.00144. The molecule has 1 unspecified atom stereocenters. The lowest BCUT2D eigenvalue weighted by atomic mass is 10.0. The number of urea groups is 1. The van der Waals surface area contributed by atoms with E-state index < -0.39 is 12.1 Å². The Morgan fingerprint density at radius 2 is 2.26 bits per heavy atom. The Morgan fingerprint density at radius 3 is 2.84 bits per heavy atom. The van der Waals surface area contributed by atoms with E-state index in [1.54, 1.807) is 11.9 Å². The zero-order valence-electron chi connectivity index (χ0n) is 11.2. The zero-order valence-corrected chi connectivity index (χ0v) is 11.2. The summed E-state index contributed by atoms with van der Waals surface area (Å²) < 4.78 is 5.34. The molecule has 0 aromatic heterocycles. The number of rotatable bonds is 6. The van der Waals surface area contributed by atoms with Crippen LogP contribution in [-0.2, 0) is 9.53 Å². The van der Waals surface area contributed by atoms with Crippen molar-refractivity contribution in [3.05, 3.63) is 0 Å². The van der Waals surface area contributed by atoms with Crippen LogP contribution in [0.25, 0.3) is 0 Å². The number of aliphatic hydroxyl groups is 1. The van der Waals surface area contributed by atoms with Gasteiger partial charge in [0.1, 0.15) is 0 Å². The number of carboxylic acid groups (broad SMARTS) is 1. The summed E-state index contributed by atoms with van der Waals surface area (Å²) in [5, 5.41) is 20.1. The van der Waals surface area contributed by atoms with Crippen LogP contribution in [0, 0.1) is 5.92 Å². The van der Waals surface area contributed by atoms with Crippen molar-refractivity contribution < 1.29 is 24.5 Å². The molecule has 1 aliphatic rings. The molecule has 0 aromatic carbocycles. The van der Waals surface area contributed by atoms with Gasteiger partial charge in [0.2, 0.25) is 0 Å². The summed E-state index contributed by atoms with van der Waals surface area (Å²) in [6.07, 6.45) is 0.638. The van der Waals surface area contributed by atoms with E-state index in [9.17, 15) is 9.59 Å². The van der Waals surface area contributed by atoms with Gasteiger partial charge < -0.3 is 25.2 Å². The molecule has 0 bridgehead atoms. The fourth-order valence-corrected chi connectivity index (χ4v) is 2.00. The maximum Gasteiger partial charge on any atom is 0.332 e. The SMILES string of the molecule is CN(CC1CCCOC1)C(=O)NCC[C@H](O)C(=O)O. The third kappa shape index (κ3) is 5.89. The number of ether oxygens (including phenoxy) is 1. The minimum Gasteiger partial charge on any atom is -0.479 e. The highest BCUT2D eigenvalue weighted by Gasteiger charge is 2.19. The zero-order chi connectivity index (χ0) is 14.3. The van der Waals surface area contributed by atoms with Crippen molar-refractivity contribution in [1.82, 2.24) is 10.2 Å². The maximum atomic E-state index is 11.7. The summed E-state index contributed by atoms with van der Waals surface area (Å²) in [4.78, 5) is 23.7. The van der Waals surface area contributed by atoms with Gasteiger partial charge in [-0.1, -0.05) is 0 Å². The van der Waals surface area contributed by atoms with Gasteiger partial charge in [-0.05, 0) is 12.8 Å². The lowest BCUT2D eigenvalue weighted by Gasteiger charge is -2.27. The van der Waals surface area contributed by atoms with E-state index in [1.165, 1.54) is 0 Å². The van der Waals surface area contributed by atoms with Crippen LogP contribution in [0.5, 0.6) is 0 Å². The maximum absolute atomic E-state index is 11.7. The summed E-state index contributed by atoms with van der Waals surface area (Å²) in [6.45, 7) is 2.22. The second kappa shape index (κ2) is 7.96.